The second-order valence-corrected chi connectivity index (χ2v) is 5.44. The van der Waals surface area contributed by atoms with Gasteiger partial charge in [-0.25, -0.2) is 0 Å². The third-order valence-corrected chi connectivity index (χ3v) is 4.06. The Morgan fingerprint density at radius 1 is 0.895 bits per heavy atom. The van der Waals surface area contributed by atoms with E-state index in [1.807, 2.05) is 0 Å². The van der Waals surface area contributed by atoms with E-state index in [4.69, 9.17) is 46.4 Å². The molecule has 0 fully saturated rings. The highest BCUT2D eigenvalue weighted by molar-refractivity contribution is 6.44. The summed E-state index contributed by atoms with van der Waals surface area (Å²) in [5.74, 6) is 0.0334. The molecule has 0 saturated heterocycles. The number of phenolic OH excluding ortho intramolecular Hbond substituents is 1. The number of nitrogens with one attached hydrogen (secondary N) is 1. The molecule has 0 unspecified atom stereocenters. The molecule has 0 spiro atoms. The van der Waals surface area contributed by atoms with E-state index < -0.39 is 0 Å². The molecule has 0 aliphatic heterocycles. The number of aromatic hydroxyl groups is 1. The topological polar surface area (TPSA) is 32.3 Å². The molecule has 0 aromatic heterocycles. The summed E-state index contributed by atoms with van der Waals surface area (Å²) < 4.78 is 0. The quantitative estimate of drug-likeness (QED) is 0.563. The highest BCUT2D eigenvalue weighted by Gasteiger charge is 2.09. The van der Waals surface area contributed by atoms with Gasteiger partial charge in [0.1, 0.15) is 5.75 Å². The summed E-state index contributed by atoms with van der Waals surface area (Å²) >= 11 is 23.9. The first-order valence-corrected chi connectivity index (χ1v) is 6.85. The van der Waals surface area contributed by atoms with Crippen molar-refractivity contribution in [2.45, 2.75) is 6.54 Å². The average molecular weight is 337 g/mol. The van der Waals surface area contributed by atoms with Crippen LogP contribution < -0.4 is 5.32 Å². The van der Waals surface area contributed by atoms with Crippen molar-refractivity contribution in [2.24, 2.45) is 0 Å². The molecular weight excluding hydrogens is 328 g/mol. The van der Waals surface area contributed by atoms with Crippen molar-refractivity contribution in [2.75, 3.05) is 5.32 Å². The Hall–Kier alpha value is -0.800. The van der Waals surface area contributed by atoms with E-state index in [1.54, 1.807) is 24.3 Å². The minimum absolute atomic E-state index is 0.0334. The fourth-order valence-electron chi connectivity index (χ4n) is 1.54. The van der Waals surface area contributed by atoms with Gasteiger partial charge < -0.3 is 10.4 Å². The molecule has 0 radical (unpaired) electrons. The molecule has 0 atom stereocenters. The van der Waals surface area contributed by atoms with Gasteiger partial charge >= 0.3 is 0 Å². The number of benzene rings is 2. The molecule has 0 bridgehead atoms. The van der Waals surface area contributed by atoms with Gasteiger partial charge in [0.05, 0.1) is 15.1 Å². The Balaban J connectivity index is 2.19. The largest absolute Gasteiger partial charge is 0.506 e. The van der Waals surface area contributed by atoms with Crippen molar-refractivity contribution in [3.63, 3.8) is 0 Å². The predicted octanol–water partition coefficient (Wildman–Crippen LogP) is 5.62. The van der Waals surface area contributed by atoms with Crippen molar-refractivity contribution >= 4 is 52.1 Å². The molecule has 2 aromatic rings. The van der Waals surface area contributed by atoms with Crippen LogP contribution in [-0.4, -0.2) is 5.11 Å². The van der Waals surface area contributed by atoms with Gasteiger partial charge in [-0.1, -0.05) is 46.4 Å². The maximum Gasteiger partial charge on any atom is 0.134 e. The van der Waals surface area contributed by atoms with Crippen molar-refractivity contribution in [1.29, 1.82) is 0 Å². The van der Waals surface area contributed by atoms with Crippen LogP contribution in [0.15, 0.2) is 30.3 Å². The normalized spacial score (nSPS) is 10.5. The monoisotopic (exact) mass is 335 g/mol. The van der Waals surface area contributed by atoms with Gasteiger partial charge in [0.25, 0.3) is 0 Å². The molecule has 0 heterocycles. The first-order valence-electron chi connectivity index (χ1n) is 5.34. The van der Waals surface area contributed by atoms with Crippen molar-refractivity contribution in [3.8, 4) is 5.75 Å². The van der Waals surface area contributed by atoms with E-state index in [0.29, 0.717) is 27.2 Å². The van der Waals surface area contributed by atoms with Crippen LogP contribution in [0.3, 0.4) is 0 Å². The SMILES string of the molecule is Oc1ccc(NCc2c(Cl)ccc(Cl)c2Cl)cc1Cl. The van der Waals surface area contributed by atoms with Crippen LogP contribution in [0.2, 0.25) is 20.1 Å². The minimum atomic E-state index is 0.0334. The molecule has 0 aliphatic rings. The average Bonchev–Trinajstić information content (AvgIpc) is 2.38. The zero-order chi connectivity index (χ0) is 14.0. The van der Waals surface area contributed by atoms with Crippen LogP contribution >= 0.6 is 46.4 Å². The molecule has 0 amide bonds. The van der Waals surface area contributed by atoms with E-state index >= 15 is 0 Å². The van der Waals surface area contributed by atoms with Crippen LogP contribution in [0, 0.1) is 0 Å². The summed E-state index contributed by atoms with van der Waals surface area (Å²) in [4.78, 5) is 0. The second kappa shape index (κ2) is 6.10. The molecule has 2 N–H and O–H groups in total. The highest BCUT2D eigenvalue weighted by Crippen LogP contribution is 2.32. The number of anilines is 1. The van der Waals surface area contributed by atoms with Crippen LogP contribution in [0.5, 0.6) is 5.75 Å². The molecule has 2 rings (SSSR count). The number of rotatable bonds is 3. The summed E-state index contributed by atoms with van der Waals surface area (Å²) in [6.07, 6.45) is 0. The molecule has 19 heavy (non-hydrogen) atoms. The van der Waals surface area contributed by atoms with Crippen LogP contribution in [0.1, 0.15) is 5.56 Å². The van der Waals surface area contributed by atoms with Crippen LogP contribution in [0.25, 0.3) is 0 Å². The second-order valence-electron chi connectivity index (χ2n) is 3.84. The molecular formula is C13H9Cl4NO. The minimum Gasteiger partial charge on any atom is -0.506 e. The summed E-state index contributed by atoms with van der Waals surface area (Å²) in [5.41, 5.74) is 1.45. The van der Waals surface area contributed by atoms with Crippen molar-refractivity contribution < 1.29 is 5.11 Å². The van der Waals surface area contributed by atoms with Crippen LogP contribution in [-0.2, 0) is 6.54 Å². The van der Waals surface area contributed by atoms with E-state index in [9.17, 15) is 5.11 Å². The number of phenols is 1. The third-order valence-electron chi connectivity index (χ3n) is 2.56. The van der Waals surface area contributed by atoms with Crippen molar-refractivity contribution in [1.82, 2.24) is 0 Å². The fourth-order valence-corrected chi connectivity index (χ4v) is 2.40. The third kappa shape index (κ3) is 3.40. The fraction of sp³-hybridized carbons (Fsp3) is 0.0769. The summed E-state index contributed by atoms with van der Waals surface area (Å²) in [6.45, 7) is 0.402. The molecule has 2 nitrogen and oxygen atoms in total. The smallest absolute Gasteiger partial charge is 0.134 e. The standard InChI is InChI=1S/C13H9Cl4NO/c14-9-2-3-10(15)13(17)8(9)6-18-7-1-4-12(19)11(16)5-7/h1-5,18-19H,6H2. The van der Waals surface area contributed by atoms with Crippen LogP contribution in [0.4, 0.5) is 5.69 Å². The highest BCUT2D eigenvalue weighted by atomic mass is 35.5. The number of hydrogen-bond acceptors (Lipinski definition) is 2. The van der Waals surface area contributed by atoms with Crippen molar-refractivity contribution in [3.05, 3.63) is 56.0 Å². The summed E-state index contributed by atoms with van der Waals surface area (Å²) in [7, 11) is 0. The van der Waals surface area contributed by atoms with Gasteiger partial charge in [-0.3, -0.25) is 0 Å². The van der Waals surface area contributed by atoms with E-state index in [1.165, 1.54) is 6.07 Å². The maximum atomic E-state index is 9.33. The zero-order valence-electron chi connectivity index (χ0n) is 9.55. The van der Waals surface area contributed by atoms with Gasteiger partial charge in [-0.2, -0.15) is 0 Å². The Bertz CT molecular complexity index is 616. The Morgan fingerprint density at radius 2 is 1.58 bits per heavy atom. The summed E-state index contributed by atoms with van der Waals surface area (Å²) in [5, 5.41) is 14.1. The lowest BCUT2D eigenvalue weighted by Gasteiger charge is -2.11. The first kappa shape index (κ1) is 14.6. The van der Waals surface area contributed by atoms with Gasteiger partial charge in [-0.05, 0) is 30.3 Å². The lowest BCUT2D eigenvalue weighted by molar-refractivity contribution is 0.475. The van der Waals surface area contributed by atoms with Gasteiger partial charge in [0, 0.05) is 22.8 Å². The molecule has 0 saturated carbocycles. The van der Waals surface area contributed by atoms with Gasteiger partial charge in [-0.15, -0.1) is 0 Å². The lowest BCUT2D eigenvalue weighted by atomic mass is 10.2. The zero-order valence-corrected chi connectivity index (χ0v) is 12.6. The number of halogens is 4. The Morgan fingerprint density at radius 3 is 2.26 bits per heavy atom. The lowest BCUT2D eigenvalue weighted by Crippen LogP contribution is -2.01. The molecule has 2 aromatic carbocycles. The Kier molecular flexibility index (Phi) is 4.69. The molecule has 100 valence electrons. The molecule has 6 heteroatoms. The molecule has 0 aliphatic carbocycles. The number of hydrogen-bond donors (Lipinski definition) is 2. The van der Waals surface area contributed by atoms with E-state index in [2.05, 4.69) is 5.32 Å². The summed E-state index contributed by atoms with van der Waals surface area (Å²) in [6, 6.07) is 8.16. The van der Waals surface area contributed by atoms with Gasteiger partial charge in [0.2, 0.25) is 0 Å². The maximum absolute atomic E-state index is 9.33. The first-order chi connectivity index (χ1) is 8.99. The van der Waals surface area contributed by atoms with E-state index in [-0.39, 0.29) is 10.8 Å². The van der Waals surface area contributed by atoms with Gasteiger partial charge in [0.15, 0.2) is 0 Å². The Labute approximate surface area is 130 Å². The predicted molar refractivity (Wildman–Crippen MR) is 81.9 cm³/mol. The van der Waals surface area contributed by atoms with E-state index in [0.717, 1.165) is 5.69 Å².